The molecule has 1 N–H and O–H groups in total. The fourth-order valence-corrected chi connectivity index (χ4v) is 4.13. The lowest BCUT2D eigenvalue weighted by molar-refractivity contribution is 0.224. The van der Waals surface area contributed by atoms with Gasteiger partial charge in [0, 0.05) is 9.75 Å². The number of thiophene rings is 1. The van der Waals surface area contributed by atoms with E-state index in [0.29, 0.717) is 0 Å². The van der Waals surface area contributed by atoms with Gasteiger partial charge >= 0.3 is 0 Å². The van der Waals surface area contributed by atoms with Crippen molar-refractivity contribution < 1.29 is 5.11 Å². The Morgan fingerprint density at radius 1 is 1.26 bits per heavy atom. The first kappa shape index (κ1) is 12.9. The third-order valence-corrected chi connectivity index (χ3v) is 5.13. The van der Waals surface area contributed by atoms with Gasteiger partial charge in [0.1, 0.15) is 6.10 Å². The Labute approximate surface area is 118 Å². The largest absolute Gasteiger partial charge is 0.383 e. The van der Waals surface area contributed by atoms with E-state index in [1.54, 1.807) is 11.3 Å². The lowest BCUT2D eigenvalue weighted by atomic mass is 10.0. The average molecular weight is 272 g/mol. The minimum absolute atomic E-state index is 0.451. The highest BCUT2D eigenvalue weighted by atomic mass is 32.1. The van der Waals surface area contributed by atoms with Gasteiger partial charge in [-0.2, -0.15) is 0 Å². The number of benzene rings is 1. The fourth-order valence-electron chi connectivity index (χ4n) is 2.86. The molecule has 0 saturated heterocycles. The Hall–Kier alpha value is -1.12. The summed E-state index contributed by atoms with van der Waals surface area (Å²) in [6.45, 7) is 2.19. The Kier molecular flexibility index (Phi) is 3.72. The molecule has 0 radical (unpaired) electrons. The molecule has 3 rings (SSSR count). The molecule has 0 amide bonds. The maximum Gasteiger partial charge on any atom is 0.113 e. The predicted molar refractivity (Wildman–Crippen MR) is 80.8 cm³/mol. The Balaban J connectivity index is 1.86. The van der Waals surface area contributed by atoms with Gasteiger partial charge in [0.15, 0.2) is 0 Å². The maximum atomic E-state index is 10.6. The normalized spacial score (nSPS) is 15.5. The quantitative estimate of drug-likeness (QED) is 0.881. The van der Waals surface area contributed by atoms with Crippen LogP contribution in [0.1, 0.15) is 52.3 Å². The van der Waals surface area contributed by atoms with Crippen LogP contribution in [0.2, 0.25) is 0 Å². The second-order valence-corrected chi connectivity index (χ2v) is 6.52. The third kappa shape index (κ3) is 2.60. The van der Waals surface area contributed by atoms with E-state index in [4.69, 9.17) is 0 Å². The number of fused-ring (bicyclic) bond motifs is 1. The summed E-state index contributed by atoms with van der Waals surface area (Å²) >= 11 is 1.79. The summed E-state index contributed by atoms with van der Waals surface area (Å²) in [5.41, 5.74) is 3.82. The molecule has 0 bridgehead atoms. The van der Waals surface area contributed by atoms with Crippen molar-refractivity contribution in [2.75, 3.05) is 0 Å². The van der Waals surface area contributed by atoms with E-state index >= 15 is 0 Å². The van der Waals surface area contributed by atoms with Crippen LogP contribution in [0.25, 0.3) is 0 Å². The molecule has 1 aromatic heterocycles. The summed E-state index contributed by atoms with van der Waals surface area (Å²) in [6, 6.07) is 10.6. The predicted octanol–water partition coefficient (Wildman–Crippen LogP) is 4.27. The summed E-state index contributed by atoms with van der Waals surface area (Å²) in [7, 11) is 0. The van der Waals surface area contributed by atoms with Gasteiger partial charge in [0.25, 0.3) is 0 Å². The highest BCUT2D eigenvalue weighted by molar-refractivity contribution is 7.12. The lowest BCUT2D eigenvalue weighted by Gasteiger charge is -2.10. The average Bonchev–Trinajstić information content (AvgIpc) is 2.99. The van der Waals surface area contributed by atoms with Gasteiger partial charge in [-0.1, -0.05) is 37.6 Å². The molecule has 1 aliphatic rings. The van der Waals surface area contributed by atoms with Crippen molar-refractivity contribution in [3.05, 3.63) is 56.8 Å². The minimum atomic E-state index is -0.451. The van der Waals surface area contributed by atoms with E-state index in [1.165, 1.54) is 35.3 Å². The van der Waals surface area contributed by atoms with Crippen molar-refractivity contribution in [2.45, 2.75) is 45.1 Å². The zero-order chi connectivity index (χ0) is 13.2. The van der Waals surface area contributed by atoms with Crippen LogP contribution in [-0.2, 0) is 19.3 Å². The molecular formula is C17H20OS. The monoisotopic (exact) mass is 272 g/mol. The van der Waals surface area contributed by atoms with Crippen molar-refractivity contribution in [1.29, 1.82) is 0 Å². The molecule has 2 heteroatoms. The van der Waals surface area contributed by atoms with Gasteiger partial charge in [-0.05, 0) is 48.4 Å². The summed E-state index contributed by atoms with van der Waals surface area (Å²) < 4.78 is 0. The topological polar surface area (TPSA) is 20.2 Å². The summed E-state index contributed by atoms with van der Waals surface area (Å²) in [5, 5.41) is 10.6. The van der Waals surface area contributed by atoms with Gasteiger partial charge in [0.2, 0.25) is 0 Å². The van der Waals surface area contributed by atoms with Crippen molar-refractivity contribution in [1.82, 2.24) is 0 Å². The van der Waals surface area contributed by atoms with E-state index in [-0.39, 0.29) is 0 Å². The molecular weight excluding hydrogens is 252 g/mol. The summed E-state index contributed by atoms with van der Waals surface area (Å²) in [4.78, 5) is 2.59. The van der Waals surface area contributed by atoms with Crippen LogP contribution in [0.3, 0.4) is 0 Å². The number of aliphatic hydroxyl groups excluding tert-OH is 1. The standard InChI is InChI=1S/C17H20OS/c1-2-5-12-6-3-8-14(10-12)17(18)16-11-13-7-4-9-15(13)19-16/h3,6,8,10-11,17-18H,2,4-5,7,9H2,1H3. The van der Waals surface area contributed by atoms with E-state index in [1.807, 2.05) is 6.07 Å². The Morgan fingerprint density at radius 2 is 2.16 bits per heavy atom. The Bertz CT molecular complexity index is 549. The molecule has 0 spiro atoms. The SMILES string of the molecule is CCCc1cccc(C(O)c2cc3c(s2)CCC3)c1. The van der Waals surface area contributed by atoms with Gasteiger partial charge < -0.3 is 5.11 Å². The van der Waals surface area contributed by atoms with Gasteiger partial charge in [-0.15, -0.1) is 11.3 Å². The number of hydrogen-bond donors (Lipinski definition) is 1. The first-order valence-electron chi connectivity index (χ1n) is 7.16. The van der Waals surface area contributed by atoms with E-state index in [2.05, 4.69) is 31.2 Å². The maximum absolute atomic E-state index is 10.6. The minimum Gasteiger partial charge on any atom is -0.383 e. The fraction of sp³-hybridized carbons (Fsp3) is 0.412. The van der Waals surface area contributed by atoms with E-state index in [0.717, 1.165) is 23.3 Å². The highest BCUT2D eigenvalue weighted by Gasteiger charge is 2.19. The third-order valence-electron chi connectivity index (χ3n) is 3.84. The molecule has 0 saturated carbocycles. The molecule has 2 aromatic rings. The van der Waals surface area contributed by atoms with Gasteiger partial charge in [-0.3, -0.25) is 0 Å². The van der Waals surface area contributed by atoms with Crippen LogP contribution >= 0.6 is 11.3 Å². The van der Waals surface area contributed by atoms with Crippen LogP contribution in [0, 0.1) is 0 Å². The van der Waals surface area contributed by atoms with E-state index < -0.39 is 6.10 Å². The van der Waals surface area contributed by atoms with Crippen molar-refractivity contribution >= 4 is 11.3 Å². The van der Waals surface area contributed by atoms with Crippen LogP contribution in [0.5, 0.6) is 0 Å². The number of aryl methyl sites for hydroxylation is 3. The van der Waals surface area contributed by atoms with Crippen molar-refractivity contribution in [3.63, 3.8) is 0 Å². The number of aliphatic hydroxyl groups is 1. The molecule has 1 heterocycles. The second kappa shape index (κ2) is 5.48. The van der Waals surface area contributed by atoms with Crippen LogP contribution in [-0.4, -0.2) is 5.11 Å². The van der Waals surface area contributed by atoms with Gasteiger partial charge in [-0.25, -0.2) is 0 Å². The molecule has 1 atom stereocenters. The zero-order valence-electron chi connectivity index (χ0n) is 11.4. The first-order chi connectivity index (χ1) is 9.28. The van der Waals surface area contributed by atoms with Crippen molar-refractivity contribution in [2.24, 2.45) is 0 Å². The number of hydrogen-bond acceptors (Lipinski definition) is 2. The molecule has 0 fully saturated rings. The smallest absolute Gasteiger partial charge is 0.113 e. The zero-order valence-corrected chi connectivity index (χ0v) is 12.2. The molecule has 0 aliphatic heterocycles. The highest BCUT2D eigenvalue weighted by Crippen LogP contribution is 2.36. The molecule has 19 heavy (non-hydrogen) atoms. The van der Waals surface area contributed by atoms with Gasteiger partial charge in [0.05, 0.1) is 0 Å². The second-order valence-electron chi connectivity index (χ2n) is 5.35. The molecule has 1 aliphatic carbocycles. The van der Waals surface area contributed by atoms with Crippen LogP contribution in [0.4, 0.5) is 0 Å². The summed E-state index contributed by atoms with van der Waals surface area (Å²) in [5.74, 6) is 0. The Morgan fingerprint density at radius 3 is 2.95 bits per heavy atom. The van der Waals surface area contributed by atoms with Crippen LogP contribution in [0.15, 0.2) is 30.3 Å². The van der Waals surface area contributed by atoms with Crippen molar-refractivity contribution in [3.8, 4) is 0 Å². The first-order valence-corrected chi connectivity index (χ1v) is 7.98. The van der Waals surface area contributed by atoms with Crippen LogP contribution < -0.4 is 0 Å². The van der Waals surface area contributed by atoms with E-state index in [9.17, 15) is 5.11 Å². The molecule has 1 nitrogen and oxygen atoms in total. The number of rotatable bonds is 4. The summed E-state index contributed by atoms with van der Waals surface area (Å²) in [6.07, 6.45) is 5.45. The lowest BCUT2D eigenvalue weighted by Crippen LogP contribution is -1.98. The molecule has 100 valence electrons. The molecule has 1 unspecified atom stereocenters. The molecule has 1 aromatic carbocycles.